The predicted octanol–water partition coefficient (Wildman–Crippen LogP) is 3.99. The quantitative estimate of drug-likeness (QED) is 0.772. The Morgan fingerprint density at radius 2 is 1.90 bits per heavy atom. The van der Waals surface area contributed by atoms with E-state index in [0.717, 1.165) is 42.8 Å². The number of aliphatic carboxylic acids is 1. The molecule has 0 radical (unpaired) electrons. The van der Waals surface area contributed by atoms with Crippen molar-refractivity contribution in [2.24, 2.45) is 5.41 Å². The molecule has 3 nitrogen and oxygen atoms in total. The van der Waals surface area contributed by atoms with E-state index >= 15 is 0 Å². The van der Waals surface area contributed by atoms with Crippen LogP contribution >= 0.6 is 0 Å². The molecule has 0 aromatic rings. The largest absolute Gasteiger partial charge is 0.481 e. The first-order valence-corrected chi connectivity index (χ1v) is 7.25. The van der Waals surface area contributed by atoms with Crippen molar-refractivity contribution < 1.29 is 9.90 Å². The molecule has 1 N–H and O–H groups in total. The summed E-state index contributed by atoms with van der Waals surface area (Å²) in [6.07, 6.45) is 6.29. The molecule has 112 valence electrons. The number of nitrogens with zero attached hydrogens (tertiary/aromatic N) is 1. The van der Waals surface area contributed by atoms with Gasteiger partial charge in [0.25, 0.3) is 0 Å². The minimum absolute atomic E-state index is 0.0366. The van der Waals surface area contributed by atoms with Gasteiger partial charge in [-0.05, 0) is 43.8 Å². The first kappa shape index (κ1) is 16.5. The summed E-state index contributed by atoms with van der Waals surface area (Å²) in [6, 6.07) is 0. The van der Waals surface area contributed by atoms with Crippen LogP contribution in [0.25, 0.3) is 0 Å². The summed E-state index contributed by atoms with van der Waals surface area (Å²) in [7, 11) is 0. The van der Waals surface area contributed by atoms with Gasteiger partial charge in [0.05, 0.1) is 6.42 Å². The molecule has 3 heteroatoms. The zero-order valence-electron chi connectivity index (χ0n) is 13.2. The zero-order chi connectivity index (χ0) is 15.3. The first-order valence-electron chi connectivity index (χ1n) is 7.25. The van der Waals surface area contributed by atoms with Crippen molar-refractivity contribution in [3.63, 3.8) is 0 Å². The van der Waals surface area contributed by atoms with Crippen molar-refractivity contribution in [2.75, 3.05) is 13.1 Å². The van der Waals surface area contributed by atoms with Gasteiger partial charge in [0.1, 0.15) is 0 Å². The number of rotatable bonds is 5. The number of carboxylic acid groups (broad SMARTS) is 1. The Labute approximate surface area is 122 Å². The van der Waals surface area contributed by atoms with Crippen molar-refractivity contribution in [1.82, 2.24) is 4.90 Å². The predicted molar refractivity (Wildman–Crippen MR) is 83.5 cm³/mol. The molecule has 0 bridgehead atoms. The number of allylic oxidation sites excluding steroid dienone is 3. The molecule has 1 aliphatic heterocycles. The Morgan fingerprint density at radius 3 is 2.30 bits per heavy atom. The van der Waals surface area contributed by atoms with Crippen LogP contribution in [0.5, 0.6) is 0 Å². The first-order chi connectivity index (χ1) is 9.26. The molecule has 0 spiro atoms. The molecule has 0 aromatic heterocycles. The maximum Gasteiger partial charge on any atom is 0.307 e. The van der Waals surface area contributed by atoms with Gasteiger partial charge in [0.15, 0.2) is 0 Å². The molecule has 0 unspecified atom stereocenters. The SMILES string of the molecule is C=C(C)/C(CC(=O)O)=C(\C=CC)N1CCC(C)(C)CC1. The van der Waals surface area contributed by atoms with Gasteiger partial charge >= 0.3 is 5.97 Å². The lowest BCUT2D eigenvalue weighted by atomic mass is 9.82. The van der Waals surface area contributed by atoms with E-state index in [4.69, 9.17) is 5.11 Å². The maximum atomic E-state index is 11.1. The van der Waals surface area contributed by atoms with Crippen molar-refractivity contribution >= 4 is 5.97 Å². The third kappa shape index (κ3) is 4.55. The second-order valence-electron chi connectivity index (χ2n) is 6.37. The minimum atomic E-state index is -0.803. The molecule has 20 heavy (non-hydrogen) atoms. The van der Waals surface area contributed by atoms with Crippen LogP contribution in [0, 0.1) is 5.41 Å². The van der Waals surface area contributed by atoms with Gasteiger partial charge in [-0.25, -0.2) is 0 Å². The fourth-order valence-corrected chi connectivity index (χ4v) is 2.52. The van der Waals surface area contributed by atoms with Crippen LogP contribution in [0.4, 0.5) is 0 Å². The number of likely N-dealkylation sites (tertiary alicyclic amines) is 1. The maximum absolute atomic E-state index is 11.1. The Morgan fingerprint density at radius 1 is 1.35 bits per heavy atom. The van der Waals surface area contributed by atoms with Gasteiger partial charge in [-0.15, -0.1) is 0 Å². The van der Waals surface area contributed by atoms with Crippen LogP contribution in [0.15, 0.2) is 35.6 Å². The smallest absolute Gasteiger partial charge is 0.307 e. The molecule has 1 aliphatic rings. The number of piperidine rings is 1. The van der Waals surface area contributed by atoms with Crippen LogP contribution in [0.3, 0.4) is 0 Å². The van der Waals surface area contributed by atoms with Crippen molar-refractivity contribution in [3.05, 3.63) is 35.6 Å². The average Bonchev–Trinajstić information content (AvgIpc) is 2.33. The molecule has 0 amide bonds. The van der Waals surface area contributed by atoms with Crippen LogP contribution < -0.4 is 0 Å². The summed E-state index contributed by atoms with van der Waals surface area (Å²) in [5.74, 6) is -0.803. The summed E-state index contributed by atoms with van der Waals surface area (Å²) >= 11 is 0. The highest BCUT2D eigenvalue weighted by Gasteiger charge is 2.27. The van der Waals surface area contributed by atoms with Gasteiger partial charge in [0.2, 0.25) is 0 Å². The van der Waals surface area contributed by atoms with E-state index < -0.39 is 5.97 Å². The molecular weight excluding hydrogens is 250 g/mol. The molecule has 1 fully saturated rings. The second kappa shape index (κ2) is 6.78. The summed E-state index contributed by atoms with van der Waals surface area (Å²) in [5, 5.41) is 9.11. The van der Waals surface area contributed by atoms with E-state index in [2.05, 4.69) is 25.3 Å². The van der Waals surface area contributed by atoms with Crippen molar-refractivity contribution in [3.8, 4) is 0 Å². The van der Waals surface area contributed by atoms with E-state index in [9.17, 15) is 4.79 Å². The Hall–Kier alpha value is -1.51. The van der Waals surface area contributed by atoms with E-state index in [1.165, 1.54) is 0 Å². The fourth-order valence-electron chi connectivity index (χ4n) is 2.52. The van der Waals surface area contributed by atoms with Gasteiger partial charge in [-0.2, -0.15) is 0 Å². The van der Waals surface area contributed by atoms with Crippen molar-refractivity contribution in [1.29, 1.82) is 0 Å². The number of carbonyl (C=O) groups is 1. The molecule has 1 saturated heterocycles. The summed E-state index contributed by atoms with van der Waals surface area (Å²) < 4.78 is 0. The van der Waals surface area contributed by atoms with Crippen LogP contribution in [0.2, 0.25) is 0 Å². The number of hydrogen-bond donors (Lipinski definition) is 1. The molecule has 1 heterocycles. The minimum Gasteiger partial charge on any atom is -0.481 e. The molecule has 1 rings (SSSR count). The summed E-state index contributed by atoms with van der Waals surface area (Å²) in [5.41, 5.74) is 3.09. The molecule has 0 aromatic carbocycles. The fraction of sp³-hybridized carbons (Fsp3) is 0.588. The van der Waals surface area contributed by atoms with Crippen LogP contribution in [-0.2, 0) is 4.79 Å². The van der Waals surface area contributed by atoms with Crippen LogP contribution in [-0.4, -0.2) is 29.1 Å². The topological polar surface area (TPSA) is 40.5 Å². The van der Waals surface area contributed by atoms with Gasteiger partial charge in [0, 0.05) is 18.8 Å². The third-order valence-electron chi connectivity index (χ3n) is 3.93. The van der Waals surface area contributed by atoms with Gasteiger partial charge in [-0.1, -0.05) is 32.1 Å². The van der Waals surface area contributed by atoms with E-state index in [1.807, 2.05) is 26.0 Å². The second-order valence-corrected chi connectivity index (χ2v) is 6.37. The highest BCUT2D eigenvalue weighted by molar-refractivity contribution is 5.72. The van der Waals surface area contributed by atoms with E-state index in [-0.39, 0.29) is 6.42 Å². The lowest BCUT2D eigenvalue weighted by molar-refractivity contribution is -0.136. The normalized spacial score (nSPS) is 19.9. The van der Waals surface area contributed by atoms with Gasteiger partial charge in [-0.3, -0.25) is 4.79 Å². The van der Waals surface area contributed by atoms with Crippen molar-refractivity contribution in [2.45, 2.75) is 47.0 Å². The monoisotopic (exact) mass is 277 g/mol. The molecule has 0 aliphatic carbocycles. The molecule has 0 atom stereocenters. The van der Waals surface area contributed by atoms with E-state index in [1.54, 1.807) is 0 Å². The Balaban J connectivity index is 3.08. The lowest BCUT2D eigenvalue weighted by Gasteiger charge is -2.39. The highest BCUT2D eigenvalue weighted by atomic mass is 16.4. The molecular formula is C17H27NO2. The van der Waals surface area contributed by atoms with E-state index in [0.29, 0.717) is 5.41 Å². The summed E-state index contributed by atoms with van der Waals surface area (Å²) in [4.78, 5) is 13.4. The van der Waals surface area contributed by atoms with Crippen LogP contribution in [0.1, 0.15) is 47.0 Å². The average molecular weight is 277 g/mol. The standard InChI is InChI=1S/C17H27NO2/c1-6-7-15(14(13(2)3)12-16(19)20)18-10-8-17(4,5)9-11-18/h6-7H,2,8-12H2,1,3-5H3,(H,19,20)/b7-6?,15-14+. The number of hydrogen-bond acceptors (Lipinski definition) is 2. The third-order valence-corrected chi connectivity index (χ3v) is 3.93. The number of carboxylic acids is 1. The van der Waals surface area contributed by atoms with Gasteiger partial charge < -0.3 is 10.0 Å². The Kier molecular flexibility index (Phi) is 5.61. The lowest BCUT2D eigenvalue weighted by Crippen LogP contribution is -2.37. The Bertz CT molecular complexity index is 434. The summed E-state index contributed by atoms with van der Waals surface area (Å²) in [6.45, 7) is 14.3. The molecule has 0 saturated carbocycles. The highest BCUT2D eigenvalue weighted by Crippen LogP contribution is 2.33. The zero-order valence-corrected chi connectivity index (χ0v) is 13.2.